The zero-order valence-corrected chi connectivity index (χ0v) is 15.3. The molecule has 160 valence electrons. The lowest BCUT2D eigenvalue weighted by atomic mass is 9.31. The molecule has 0 saturated heterocycles. The summed E-state index contributed by atoms with van der Waals surface area (Å²) >= 11 is 0. The molecule has 0 aromatic heterocycles. The van der Waals surface area contributed by atoms with Gasteiger partial charge in [-0.05, 0) is 60.6 Å². The third-order valence-electron chi connectivity index (χ3n) is 6.02. The minimum atomic E-state index is -4.47. The second kappa shape index (κ2) is 6.46. The van der Waals surface area contributed by atoms with Crippen LogP contribution in [0, 0.1) is 17.0 Å². The lowest BCUT2D eigenvalue weighted by Gasteiger charge is -2.72. The van der Waals surface area contributed by atoms with Crippen LogP contribution >= 0.6 is 0 Å². The Morgan fingerprint density at radius 3 is 2.10 bits per heavy atom. The maximum absolute atomic E-state index is 14.9. The quantitative estimate of drug-likeness (QED) is 0.423. The van der Waals surface area contributed by atoms with E-state index in [4.69, 9.17) is 0 Å². The van der Waals surface area contributed by atoms with E-state index < -0.39 is 52.5 Å². The van der Waals surface area contributed by atoms with E-state index in [0.717, 1.165) is 6.07 Å². The van der Waals surface area contributed by atoms with E-state index in [1.54, 1.807) is 0 Å². The average Bonchev–Trinajstić information content (AvgIpc) is 2.59. The summed E-state index contributed by atoms with van der Waals surface area (Å²) in [7, 11) is 0. The van der Waals surface area contributed by atoms with Crippen molar-refractivity contribution in [3.63, 3.8) is 0 Å². The van der Waals surface area contributed by atoms with E-state index in [1.807, 2.05) is 0 Å². The molecule has 3 aliphatic rings. The predicted molar refractivity (Wildman–Crippen MR) is 91.6 cm³/mol. The summed E-state index contributed by atoms with van der Waals surface area (Å²) in [5, 5.41) is 0. The summed E-state index contributed by atoms with van der Waals surface area (Å²) in [6.45, 7) is -1.44. The number of halogens is 7. The maximum atomic E-state index is 14.9. The molecular formula is C21H15F7O2. The van der Waals surface area contributed by atoms with Crippen molar-refractivity contribution in [3.8, 4) is 5.75 Å². The van der Waals surface area contributed by atoms with E-state index in [9.17, 15) is 35.5 Å². The highest BCUT2D eigenvalue weighted by Crippen LogP contribution is 2.78. The van der Waals surface area contributed by atoms with Gasteiger partial charge in [0.2, 0.25) is 5.78 Å². The number of carbonyl (C=O) groups excluding carboxylic acids is 1. The highest BCUT2D eigenvalue weighted by Gasteiger charge is 2.79. The summed E-state index contributed by atoms with van der Waals surface area (Å²) in [5.41, 5.74) is -2.56. The van der Waals surface area contributed by atoms with Crippen molar-refractivity contribution in [2.45, 2.75) is 36.8 Å². The predicted octanol–water partition coefficient (Wildman–Crippen LogP) is 5.85. The second-order valence-electron chi connectivity index (χ2n) is 8.05. The molecule has 0 aliphatic heterocycles. The van der Waals surface area contributed by atoms with Crippen molar-refractivity contribution < 1.29 is 40.3 Å². The van der Waals surface area contributed by atoms with Crippen molar-refractivity contribution in [1.29, 1.82) is 0 Å². The van der Waals surface area contributed by atoms with Crippen LogP contribution in [0.15, 0.2) is 42.5 Å². The molecule has 5 rings (SSSR count). The van der Waals surface area contributed by atoms with Crippen LogP contribution in [0.3, 0.4) is 0 Å². The van der Waals surface area contributed by atoms with Crippen LogP contribution in [-0.4, -0.2) is 24.5 Å². The van der Waals surface area contributed by atoms with Crippen LogP contribution in [0.1, 0.15) is 35.2 Å². The monoisotopic (exact) mass is 432 g/mol. The zero-order chi connectivity index (χ0) is 21.9. The molecular weight excluding hydrogens is 417 g/mol. The number of Topliss-reactive ketones (excluding diaryl/α,β-unsaturated/α-hetero) is 1. The first-order chi connectivity index (χ1) is 13.9. The molecule has 2 nitrogen and oxygen atoms in total. The fourth-order valence-corrected chi connectivity index (χ4v) is 4.58. The Kier molecular flexibility index (Phi) is 4.45. The topological polar surface area (TPSA) is 26.3 Å². The number of benzene rings is 2. The number of alkyl halides is 5. The van der Waals surface area contributed by atoms with Gasteiger partial charge in [0, 0.05) is 5.41 Å². The van der Waals surface area contributed by atoms with Crippen molar-refractivity contribution in [2.24, 2.45) is 5.41 Å². The fraction of sp³-hybridized carbons (Fsp3) is 0.381. The van der Waals surface area contributed by atoms with E-state index in [2.05, 4.69) is 4.74 Å². The third kappa shape index (κ3) is 3.15. The van der Waals surface area contributed by atoms with Gasteiger partial charge < -0.3 is 4.74 Å². The minimum Gasteiger partial charge on any atom is -0.484 e. The first-order valence-electron chi connectivity index (χ1n) is 9.05. The largest absolute Gasteiger partial charge is 0.484 e. The zero-order valence-electron chi connectivity index (χ0n) is 15.3. The number of ether oxygens (including phenoxy) is 1. The molecule has 0 radical (unpaired) electrons. The molecule has 3 saturated carbocycles. The van der Waals surface area contributed by atoms with Crippen molar-refractivity contribution in [1.82, 2.24) is 0 Å². The van der Waals surface area contributed by atoms with Gasteiger partial charge in [0.15, 0.2) is 6.61 Å². The number of ketones is 1. The van der Waals surface area contributed by atoms with E-state index >= 15 is 0 Å². The summed E-state index contributed by atoms with van der Waals surface area (Å²) in [5.74, 6) is -7.81. The number of carbonyl (C=O) groups is 1. The van der Waals surface area contributed by atoms with Crippen LogP contribution in [0.4, 0.5) is 30.7 Å². The van der Waals surface area contributed by atoms with Gasteiger partial charge in [0.25, 0.3) is 0 Å². The molecule has 0 atom stereocenters. The summed E-state index contributed by atoms with van der Waals surface area (Å²) in [6, 6.07) is 7.53. The first kappa shape index (κ1) is 20.7. The minimum absolute atomic E-state index is 0.000489. The molecule has 0 amide bonds. The molecule has 9 heteroatoms. The highest BCUT2D eigenvalue weighted by atomic mass is 19.4. The van der Waals surface area contributed by atoms with Gasteiger partial charge in [-0.2, -0.15) is 22.0 Å². The van der Waals surface area contributed by atoms with Gasteiger partial charge >= 0.3 is 12.1 Å². The van der Waals surface area contributed by atoms with Crippen LogP contribution in [0.25, 0.3) is 0 Å². The third-order valence-corrected chi connectivity index (χ3v) is 6.02. The smallest absolute Gasteiger partial charge is 0.422 e. The van der Waals surface area contributed by atoms with Crippen LogP contribution in [-0.2, 0) is 5.41 Å². The Bertz CT molecular complexity index is 976. The standard InChI is InChI=1S/C21H15F7O2/c22-13-3-6-16(23)15(7-13)17(29)21(27,28)19-8-18(9-19,10-19)12-1-4-14(5-2-12)30-11-20(24,25)26/h1-7H,8-11H2. The Morgan fingerprint density at radius 2 is 1.53 bits per heavy atom. The molecule has 30 heavy (non-hydrogen) atoms. The van der Waals surface area contributed by atoms with Gasteiger partial charge in [0.05, 0.1) is 5.56 Å². The Hall–Kier alpha value is -2.58. The van der Waals surface area contributed by atoms with Gasteiger partial charge in [0.1, 0.15) is 17.4 Å². The SMILES string of the molecule is O=C(c1cc(F)ccc1F)C(F)(F)C12CC(c3ccc(OCC(F)(F)F)cc3)(C1)C2. The molecule has 0 unspecified atom stereocenters. The average molecular weight is 432 g/mol. The van der Waals surface area contributed by atoms with Crippen molar-refractivity contribution in [2.75, 3.05) is 6.61 Å². The van der Waals surface area contributed by atoms with E-state index in [1.165, 1.54) is 24.3 Å². The van der Waals surface area contributed by atoms with Crippen molar-refractivity contribution in [3.05, 3.63) is 65.2 Å². The molecule has 2 aromatic rings. The maximum Gasteiger partial charge on any atom is 0.422 e. The Morgan fingerprint density at radius 1 is 0.933 bits per heavy atom. The van der Waals surface area contributed by atoms with Crippen molar-refractivity contribution >= 4 is 5.78 Å². The van der Waals surface area contributed by atoms with Crippen LogP contribution in [0.5, 0.6) is 5.75 Å². The molecule has 2 bridgehead atoms. The highest BCUT2D eigenvalue weighted by molar-refractivity contribution is 6.02. The summed E-state index contributed by atoms with van der Waals surface area (Å²) < 4.78 is 98.1. The molecule has 0 spiro atoms. The van der Waals surface area contributed by atoms with Crippen LogP contribution in [0.2, 0.25) is 0 Å². The lowest BCUT2D eigenvalue weighted by molar-refractivity contribution is -0.256. The second-order valence-corrected chi connectivity index (χ2v) is 8.05. The van der Waals surface area contributed by atoms with E-state index in [0.29, 0.717) is 17.7 Å². The van der Waals surface area contributed by atoms with Crippen LogP contribution < -0.4 is 4.74 Å². The molecule has 3 fully saturated rings. The van der Waals surface area contributed by atoms with Gasteiger partial charge in [-0.25, -0.2) is 8.78 Å². The van der Waals surface area contributed by atoms with E-state index in [-0.39, 0.29) is 25.0 Å². The Labute approximate surface area is 166 Å². The first-order valence-corrected chi connectivity index (χ1v) is 9.05. The molecule has 0 heterocycles. The van der Waals surface area contributed by atoms with Gasteiger partial charge in [-0.3, -0.25) is 4.79 Å². The lowest BCUT2D eigenvalue weighted by Crippen LogP contribution is -2.73. The summed E-state index contributed by atoms with van der Waals surface area (Å²) in [6.07, 6.45) is -4.56. The van der Waals surface area contributed by atoms with Gasteiger partial charge in [-0.15, -0.1) is 0 Å². The molecule has 2 aromatic carbocycles. The molecule has 0 N–H and O–H groups in total. The normalized spacial score (nSPS) is 25.3. The number of hydrogen-bond donors (Lipinski definition) is 0. The Balaban J connectivity index is 1.46. The number of rotatable bonds is 6. The molecule has 3 aliphatic carbocycles. The fourth-order valence-electron chi connectivity index (χ4n) is 4.58. The van der Waals surface area contributed by atoms with Gasteiger partial charge in [-0.1, -0.05) is 12.1 Å². The summed E-state index contributed by atoms with van der Waals surface area (Å²) in [4.78, 5) is 12.3. The number of hydrogen-bond acceptors (Lipinski definition) is 2.